The zero-order valence-electron chi connectivity index (χ0n) is 24.5. The van der Waals surface area contributed by atoms with Crippen LogP contribution in [0.5, 0.6) is 5.75 Å². The van der Waals surface area contributed by atoms with E-state index in [-0.39, 0.29) is 12.0 Å². The molecule has 1 fully saturated rings. The molecule has 8 heteroatoms. The lowest BCUT2D eigenvalue weighted by molar-refractivity contribution is -0.0341. The number of aryl methyl sites for hydroxylation is 1. The summed E-state index contributed by atoms with van der Waals surface area (Å²) in [6.07, 6.45) is 2.54. The van der Waals surface area contributed by atoms with Crippen LogP contribution in [-0.2, 0) is 32.0 Å². The molecule has 4 atom stereocenters. The van der Waals surface area contributed by atoms with E-state index in [9.17, 15) is 5.11 Å². The Morgan fingerprint density at radius 2 is 1.82 bits per heavy atom. The lowest BCUT2D eigenvalue weighted by Gasteiger charge is -2.39. The van der Waals surface area contributed by atoms with Crippen molar-refractivity contribution in [2.45, 2.75) is 50.9 Å². The second kappa shape index (κ2) is 16.3. The van der Waals surface area contributed by atoms with Crippen LogP contribution >= 0.6 is 0 Å². The first-order valence-electron chi connectivity index (χ1n) is 14.7. The number of nitrogens with one attached hydrogen (secondary N) is 1. The Morgan fingerprint density at radius 1 is 1.02 bits per heavy atom. The van der Waals surface area contributed by atoms with Crippen molar-refractivity contribution in [3.05, 3.63) is 59.2 Å². The Kier molecular flexibility index (Phi) is 12.5. The average molecular weight is 557 g/mol. The molecule has 0 aliphatic carbocycles. The number of fused-ring (bicyclic) bond motifs is 1. The van der Waals surface area contributed by atoms with Gasteiger partial charge in [0, 0.05) is 39.8 Å². The van der Waals surface area contributed by atoms with Crippen LogP contribution in [0.3, 0.4) is 0 Å². The zero-order chi connectivity index (χ0) is 28.2. The summed E-state index contributed by atoms with van der Waals surface area (Å²) in [6.45, 7) is 8.96. The summed E-state index contributed by atoms with van der Waals surface area (Å²) < 4.78 is 28.3. The molecule has 2 aliphatic heterocycles. The average Bonchev–Trinajstić information content (AvgIpc) is 2.98. The van der Waals surface area contributed by atoms with E-state index in [1.165, 1.54) is 16.8 Å². The molecule has 2 heterocycles. The predicted molar refractivity (Wildman–Crippen MR) is 157 cm³/mol. The summed E-state index contributed by atoms with van der Waals surface area (Å²) in [7, 11) is 3.44. The van der Waals surface area contributed by atoms with E-state index in [2.05, 4.69) is 52.7 Å². The monoisotopic (exact) mass is 556 g/mol. The van der Waals surface area contributed by atoms with Gasteiger partial charge in [0.25, 0.3) is 0 Å². The highest BCUT2D eigenvalue weighted by atomic mass is 16.5. The van der Waals surface area contributed by atoms with Crippen molar-refractivity contribution in [3.8, 4) is 5.75 Å². The summed E-state index contributed by atoms with van der Waals surface area (Å²) in [5, 5.41) is 13.5. The van der Waals surface area contributed by atoms with E-state index in [1.54, 1.807) is 21.1 Å². The van der Waals surface area contributed by atoms with Crippen molar-refractivity contribution in [2.75, 3.05) is 78.3 Å². The first kappa shape index (κ1) is 30.8. The quantitative estimate of drug-likeness (QED) is 0.303. The van der Waals surface area contributed by atoms with Gasteiger partial charge in [-0.3, -0.25) is 0 Å². The Morgan fingerprint density at radius 3 is 2.60 bits per heavy atom. The van der Waals surface area contributed by atoms with Crippen molar-refractivity contribution in [1.82, 2.24) is 5.32 Å². The molecular weight excluding hydrogens is 508 g/mol. The van der Waals surface area contributed by atoms with E-state index in [4.69, 9.17) is 23.7 Å². The van der Waals surface area contributed by atoms with Crippen LogP contribution < -0.4 is 15.0 Å². The third-order valence-corrected chi connectivity index (χ3v) is 7.84. The molecule has 40 heavy (non-hydrogen) atoms. The van der Waals surface area contributed by atoms with Gasteiger partial charge in [0.2, 0.25) is 0 Å². The first-order valence-corrected chi connectivity index (χ1v) is 14.7. The van der Waals surface area contributed by atoms with Gasteiger partial charge in [-0.2, -0.15) is 0 Å². The smallest absolute Gasteiger partial charge is 0.142 e. The molecule has 0 spiro atoms. The molecule has 2 aromatic rings. The topological polar surface area (TPSA) is 81.7 Å². The minimum Gasteiger partial charge on any atom is -0.490 e. The third-order valence-electron chi connectivity index (χ3n) is 7.84. The normalized spacial score (nSPS) is 21.6. The number of rotatable bonds is 16. The Labute approximate surface area is 239 Å². The third kappa shape index (κ3) is 8.90. The minimum absolute atomic E-state index is 0.00496. The lowest BCUT2D eigenvalue weighted by Crippen LogP contribution is -2.47. The molecule has 222 valence electrons. The number of hydrogen-bond donors (Lipinski definition) is 2. The summed E-state index contributed by atoms with van der Waals surface area (Å²) in [5.41, 5.74) is 4.96. The SMILES string of the molecule is COCCCN1CCOc2ccc(CC[C@H]3CNC[C@@H](OC[C@@H](C)O)C3c3ccc(COCCOC)cc3)cc21. The van der Waals surface area contributed by atoms with Crippen LogP contribution in [0, 0.1) is 5.92 Å². The molecular formula is C32H48N2O6. The largest absolute Gasteiger partial charge is 0.490 e. The highest BCUT2D eigenvalue weighted by Gasteiger charge is 2.35. The first-order chi connectivity index (χ1) is 19.6. The maximum absolute atomic E-state index is 9.91. The van der Waals surface area contributed by atoms with Gasteiger partial charge in [-0.15, -0.1) is 0 Å². The van der Waals surface area contributed by atoms with Gasteiger partial charge in [-0.25, -0.2) is 0 Å². The van der Waals surface area contributed by atoms with Crippen molar-refractivity contribution in [1.29, 1.82) is 0 Å². The van der Waals surface area contributed by atoms with Gasteiger partial charge in [0.1, 0.15) is 12.4 Å². The number of benzene rings is 2. The van der Waals surface area contributed by atoms with Gasteiger partial charge in [-0.05, 0) is 67.5 Å². The lowest BCUT2D eigenvalue weighted by atomic mass is 9.76. The molecule has 2 aliphatic rings. The molecule has 0 saturated carbocycles. The van der Waals surface area contributed by atoms with Crippen LogP contribution in [0.2, 0.25) is 0 Å². The van der Waals surface area contributed by atoms with Crippen LogP contribution in [-0.4, -0.2) is 90.7 Å². The highest BCUT2D eigenvalue weighted by Crippen LogP contribution is 2.37. The summed E-state index contributed by atoms with van der Waals surface area (Å²) in [6, 6.07) is 15.4. The molecule has 1 saturated heterocycles. The van der Waals surface area contributed by atoms with Crippen LogP contribution in [0.25, 0.3) is 0 Å². The van der Waals surface area contributed by atoms with E-state index in [0.29, 0.717) is 32.3 Å². The minimum atomic E-state index is -0.489. The van der Waals surface area contributed by atoms with E-state index < -0.39 is 6.10 Å². The van der Waals surface area contributed by atoms with Gasteiger partial charge in [0.05, 0.1) is 50.9 Å². The fourth-order valence-corrected chi connectivity index (χ4v) is 5.79. The fourth-order valence-electron chi connectivity index (χ4n) is 5.79. The number of nitrogens with zero attached hydrogens (tertiary/aromatic N) is 1. The van der Waals surface area contributed by atoms with Crippen molar-refractivity contribution < 1.29 is 28.8 Å². The molecule has 4 rings (SSSR count). The molecule has 0 aromatic heterocycles. The molecule has 0 radical (unpaired) electrons. The maximum atomic E-state index is 9.91. The van der Waals surface area contributed by atoms with Crippen molar-refractivity contribution in [2.24, 2.45) is 5.92 Å². The predicted octanol–water partition coefficient (Wildman–Crippen LogP) is 3.79. The molecule has 0 bridgehead atoms. The van der Waals surface area contributed by atoms with Crippen LogP contribution in [0.15, 0.2) is 42.5 Å². The van der Waals surface area contributed by atoms with Gasteiger partial charge in [-0.1, -0.05) is 30.3 Å². The fraction of sp³-hybridized carbons (Fsp3) is 0.625. The summed E-state index contributed by atoms with van der Waals surface area (Å²) in [5.74, 6) is 1.62. The second-order valence-electron chi connectivity index (χ2n) is 11.0. The number of aliphatic hydroxyl groups excluding tert-OH is 1. The van der Waals surface area contributed by atoms with Gasteiger partial charge >= 0.3 is 0 Å². The number of anilines is 1. The van der Waals surface area contributed by atoms with E-state index in [0.717, 1.165) is 70.0 Å². The maximum Gasteiger partial charge on any atom is 0.142 e. The van der Waals surface area contributed by atoms with Crippen LogP contribution in [0.1, 0.15) is 42.4 Å². The number of methoxy groups -OCH3 is 2. The summed E-state index contributed by atoms with van der Waals surface area (Å²) >= 11 is 0. The molecule has 8 nitrogen and oxygen atoms in total. The van der Waals surface area contributed by atoms with Crippen LogP contribution in [0.4, 0.5) is 5.69 Å². The zero-order valence-corrected chi connectivity index (χ0v) is 24.5. The Bertz CT molecular complexity index is 1000. The standard InChI is InChI=1S/C32H48N2O6/c1-24(35)22-40-31-21-33-20-28(32(31)27-9-6-26(7-10-27)23-38-18-17-37-3)11-5-25-8-12-30-29(19-25)34(14-16-39-30)13-4-15-36-2/h6-10,12,19,24,28,31-33,35H,4-5,11,13-18,20-23H2,1-3H3/t24-,28+,31-,32?/m1/s1. The Hall–Kier alpha value is -2.20. The number of hydrogen-bond acceptors (Lipinski definition) is 8. The Balaban J connectivity index is 1.45. The summed E-state index contributed by atoms with van der Waals surface area (Å²) in [4.78, 5) is 2.42. The molecule has 2 aromatic carbocycles. The molecule has 1 unspecified atom stereocenters. The highest BCUT2D eigenvalue weighted by molar-refractivity contribution is 5.61. The number of ether oxygens (including phenoxy) is 5. The molecule has 2 N–H and O–H groups in total. The second-order valence-corrected chi connectivity index (χ2v) is 11.0. The van der Waals surface area contributed by atoms with Gasteiger partial charge in [0.15, 0.2) is 0 Å². The number of aliphatic hydroxyl groups is 1. The van der Waals surface area contributed by atoms with E-state index in [1.807, 2.05) is 0 Å². The van der Waals surface area contributed by atoms with E-state index >= 15 is 0 Å². The molecule has 0 amide bonds. The van der Waals surface area contributed by atoms with Crippen molar-refractivity contribution in [3.63, 3.8) is 0 Å². The number of piperidine rings is 1. The van der Waals surface area contributed by atoms with Crippen molar-refractivity contribution >= 4 is 5.69 Å². The van der Waals surface area contributed by atoms with Gasteiger partial charge < -0.3 is 39.0 Å².